The van der Waals surface area contributed by atoms with Crippen LogP contribution in [0, 0.1) is 5.41 Å². The van der Waals surface area contributed by atoms with Gasteiger partial charge in [-0.25, -0.2) is 4.79 Å². The van der Waals surface area contributed by atoms with Crippen molar-refractivity contribution in [1.82, 2.24) is 5.32 Å². The molecule has 0 amide bonds. The Balaban J connectivity index is 1.92. The molecular formula is C14H19NO2. The van der Waals surface area contributed by atoms with Crippen molar-refractivity contribution in [3.8, 4) is 0 Å². The van der Waals surface area contributed by atoms with Crippen LogP contribution < -0.4 is 5.32 Å². The number of hydrogen-bond acceptors (Lipinski definition) is 2. The molecule has 0 saturated heterocycles. The maximum Gasteiger partial charge on any atom is 0.336 e. The quantitative estimate of drug-likeness (QED) is 0.822. The summed E-state index contributed by atoms with van der Waals surface area (Å²) in [5.41, 5.74) is 1.69. The molecule has 1 fully saturated rings. The lowest BCUT2D eigenvalue weighted by Gasteiger charge is -2.38. The van der Waals surface area contributed by atoms with Crippen LogP contribution in [-0.4, -0.2) is 17.6 Å². The molecule has 3 heteroatoms. The number of benzene rings is 1. The molecule has 0 spiro atoms. The second kappa shape index (κ2) is 4.88. The van der Waals surface area contributed by atoms with Gasteiger partial charge in [0.15, 0.2) is 0 Å². The molecule has 1 saturated carbocycles. The van der Waals surface area contributed by atoms with Crippen molar-refractivity contribution in [2.24, 2.45) is 5.41 Å². The molecule has 0 aliphatic heterocycles. The van der Waals surface area contributed by atoms with Gasteiger partial charge < -0.3 is 10.4 Å². The summed E-state index contributed by atoms with van der Waals surface area (Å²) in [4.78, 5) is 11.0. The van der Waals surface area contributed by atoms with Gasteiger partial charge in [0.2, 0.25) is 0 Å². The molecular weight excluding hydrogens is 214 g/mol. The molecule has 2 rings (SSSR count). The molecule has 0 unspecified atom stereocenters. The van der Waals surface area contributed by atoms with Gasteiger partial charge in [0.25, 0.3) is 0 Å². The van der Waals surface area contributed by atoms with Crippen LogP contribution in [0.2, 0.25) is 0 Å². The van der Waals surface area contributed by atoms with Crippen molar-refractivity contribution in [2.45, 2.75) is 32.7 Å². The maximum atomic E-state index is 11.0. The van der Waals surface area contributed by atoms with Gasteiger partial charge in [0, 0.05) is 13.1 Å². The van der Waals surface area contributed by atoms with E-state index in [0.29, 0.717) is 17.5 Å². The summed E-state index contributed by atoms with van der Waals surface area (Å²) in [7, 11) is 0. The van der Waals surface area contributed by atoms with E-state index in [0.717, 1.165) is 12.1 Å². The van der Waals surface area contributed by atoms with Gasteiger partial charge in [0.05, 0.1) is 5.56 Å². The van der Waals surface area contributed by atoms with Gasteiger partial charge >= 0.3 is 5.97 Å². The SMILES string of the molecule is CC1(CNCc2ccccc2C(=O)O)CCC1. The molecule has 0 radical (unpaired) electrons. The van der Waals surface area contributed by atoms with Crippen molar-refractivity contribution in [3.05, 3.63) is 35.4 Å². The molecule has 0 bridgehead atoms. The Hall–Kier alpha value is -1.35. The van der Waals surface area contributed by atoms with Crippen molar-refractivity contribution in [2.75, 3.05) is 6.54 Å². The first kappa shape index (κ1) is 12.1. The summed E-state index contributed by atoms with van der Waals surface area (Å²) in [6.45, 7) is 3.89. The smallest absolute Gasteiger partial charge is 0.336 e. The number of aromatic carboxylic acids is 1. The Bertz CT molecular complexity index is 410. The highest BCUT2D eigenvalue weighted by atomic mass is 16.4. The largest absolute Gasteiger partial charge is 0.478 e. The number of carbonyl (C=O) groups is 1. The minimum absolute atomic E-state index is 0.402. The second-order valence-electron chi connectivity index (χ2n) is 5.23. The standard InChI is InChI=1S/C14H19NO2/c1-14(7-4-8-14)10-15-9-11-5-2-3-6-12(11)13(16)17/h2-3,5-6,15H,4,7-10H2,1H3,(H,16,17). The van der Waals surface area contributed by atoms with Gasteiger partial charge in [-0.15, -0.1) is 0 Å². The van der Waals surface area contributed by atoms with Crippen LogP contribution in [0.25, 0.3) is 0 Å². The van der Waals surface area contributed by atoms with E-state index in [2.05, 4.69) is 12.2 Å². The molecule has 3 nitrogen and oxygen atoms in total. The fraction of sp³-hybridized carbons (Fsp3) is 0.500. The van der Waals surface area contributed by atoms with E-state index in [-0.39, 0.29) is 0 Å². The first-order valence-corrected chi connectivity index (χ1v) is 6.13. The van der Waals surface area contributed by atoms with Crippen molar-refractivity contribution >= 4 is 5.97 Å². The highest BCUT2D eigenvalue weighted by Gasteiger charge is 2.30. The molecule has 2 N–H and O–H groups in total. The summed E-state index contributed by atoms with van der Waals surface area (Å²) in [6.07, 6.45) is 3.88. The van der Waals surface area contributed by atoms with Crippen LogP contribution in [0.3, 0.4) is 0 Å². The predicted octanol–water partition coefficient (Wildman–Crippen LogP) is 2.66. The Kier molecular flexibility index (Phi) is 3.48. The normalized spacial score (nSPS) is 17.5. The lowest BCUT2D eigenvalue weighted by molar-refractivity contribution is 0.0695. The number of carboxylic acid groups (broad SMARTS) is 1. The monoisotopic (exact) mass is 233 g/mol. The van der Waals surface area contributed by atoms with Crippen LogP contribution in [0.1, 0.15) is 42.1 Å². The van der Waals surface area contributed by atoms with Gasteiger partial charge in [0.1, 0.15) is 0 Å². The van der Waals surface area contributed by atoms with Crippen molar-refractivity contribution < 1.29 is 9.90 Å². The third kappa shape index (κ3) is 2.86. The summed E-state index contributed by atoms with van der Waals surface area (Å²) in [6, 6.07) is 7.18. The zero-order valence-corrected chi connectivity index (χ0v) is 10.2. The Morgan fingerprint density at radius 3 is 2.71 bits per heavy atom. The van der Waals surface area contributed by atoms with E-state index in [9.17, 15) is 4.79 Å². The highest BCUT2D eigenvalue weighted by Crippen LogP contribution is 2.39. The third-order valence-electron chi connectivity index (χ3n) is 3.68. The van der Waals surface area contributed by atoms with Crippen LogP contribution in [0.5, 0.6) is 0 Å². The van der Waals surface area contributed by atoms with Crippen LogP contribution in [-0.2, 0) is 6.54 Å². The maximum absolute atomic E-state index is 11.0. The van der Waals surface area contributed by atoms with E-state index < -0.39 is 5.97 Å². The molecule has 1 aromatic carbocycles. The second-order valence-corrected chi connectivity index (χ2v) is 5.23. The van der Waals surface area contributed by atoms with E-state index in [4.69, 9.17) is 5.11 Å². The average molecular weight is 233 g/mol. The molecule has 0 aromatic heterocycles. The topological polar surface area (TPSA) is 49.3 Å². The molecule has 92 valence electrons. The van der Waals surface area contributed by atoms with Crippen LogP contribution in [0.4, 0.5) is 0 Å². The molecule has 1 aliphatic carbocycles. The van der Waals surface area contributed by atoms with E-state index >= 15 is 0 Å². The number of hydrogen-bond donors (Lipinski definition) is 2. The third-order valence-corrected chi connectivity index (χ3v) is 3.68. The fourth-order valence-corrected chi connectivity index (χ4v) is 2.34. The Labute approximate surface area is 102 Å². The lowest BCUT2D eigenvalue weighted by Crippen LogP contribution is -2.37. The highest BCUT2D eigenvalue weighted by molar-refractivity contribution is 5.89. The van der Waals surface area contributed by atoms with Crippen molar-refractivity contribution in [3.63, 3.8) is 0 Å². The fourth-order valence-electron chi connectivity index (χ4n) is 2.34. The van der Waals surface area contributed by atoms with Crippen molar-refractivity contribution in [1.29, 1.82) is 0 Å². The minimum atomic E-state index is -0.850. The molecule has 0 heterocycles. The zero-order valence-electron chi connectivity index (χ0n) is 10.2. The van der Waals surface area contributed by atoms with Crippen LogP contribution >= 0.6 is 0 Å². The first-order valence-electron chi connectivity index (χ1n) is 6.13. The minimum Gasteiger partial charge on any atom is -0.478 e. The number of rotatable bonds is 5. The van der Waals surface area contributed by atoms with E-state index in [1.165, 1.54) is 19.3 Å². The Morgan fingerprint density at radius 2 is 2.12 bits per heavy atom. The van der Waals surface area contributed by atoms with Gasteiger partial charge in [-0.3, -0.25) is 0 Å². The van der Waals surface area contributed by atoms with E-state index in [1.807, 2.05) is 12.1 Å². The van der Waals surface area contributed by atoms with Gasteiger partial charge in [-0.2, -0.15) is 0 Å². The molecule has 17 heavy (non-hydrogen) atoms. The molecule has 1 aromatic rings. The summed E-state index contributed by atoms with van der Waals surface area (Å²) < 4.78 is 0. The van der Waals surface area contributed by atoms with Gasteiger partial charge in [-0.1, -0.05) is 31.5 Å². The summed E-state index contributed by atoms with van der Waals surface area (Å²) in [5.74, 6) is -0.850. The lowest BCUT2D eigenvalue weighted by atomic mass is 9.70. The first-order chi connectivity index (χ1) is 8.11. The summed E-state index contributed by atoms with van der Waals surface area (Å²) in [5, 5.41) is 12.4. The predicted molar refractivity (Wildman–Crippen MR) is 67.1 cm³/mol. The number of carboxylic acids is 1. The average Bonchev–Trinajstić information content (AvgIpc) is 2.27. The van der Waals surface area contributed by atoms with E-state index in [1.54, 1.807) is 12.1 Å². The molecule has 1 aliphatic rings. The Morgan fingerprint density at radius 1 is 1.41 bits per heavy atom. The molecule has 0 atom stereocenters. The van der Waals surface area contributed by atoms with Gasteiger partial charge in [-0.05, 0) is 29.9 Å². The summed E-state index contributed by atoms with van der Waals surface area (Å²) >= 11 is 0. The van der Waals surface area contributed by atoms with Crippen LogP contribution in [0.15, 0.2) is 24.3 Å². The zero-order chi connectivity index (χ0) is 12.3. The number of nitrogens with one attached hydrogen (secondary N) is 1.